The van der Waals surface area contributed by atoms with E-state index in [0.29, 0.717) is 19.0 Å². The minimum Gasteiger partial charge on any atom is -0.326 e. The zero-order valence-corrected chi connectivity index (χ0v) is 12.7. The van der Waals surface area contributed by atoms with Crippen molar-refractivity contribution in [1.82, 2.24) is 5.32 Å². The first kappa shape index (κ1) is 15.7. The highest BCUT2D eigenvalue weighted by atomic mass is 16.1. The molecule has 0 fully saturated rings. The molecule has 0 aliphatic carbocycles. The molecule has 2 N–H and O–H groups in total. The molecule has 0 spiro atoms. The topological polar surface area (TPSA) is 41.1 Å². The smallest absolute Gasteiger partial charge is 0.225 e. The van der Waals surface area contributed by atoms with Gasteiger partial charge in [-0.25, -0.2) is 0 Å². The van der Waals surface area contributed by atoms with E-state index in [-0.39, 0.29) is 11.3 Å². The molecular formula is C16H26N2O. The van der Waals surface area contributed by atoms with Gasteiger partial charge in [0, 0.05) is 24.7 Å². The molecule has 3 heteroatoms. The van der Waals surface area contributed by atoms with Gasteiger partial charge in [0.05, 0.1) is 0 Å². The number of carbonyl (C=O) groups is 1. The summed E-state index contributed by atoms with van der Waals surface area (Å²) in [4.78, 5) is 11.9. The zero-order chi connectivity index (χ0) is 14.5. The van der Waals surface area contributed by atoms with E-state index in [2.05, 4.69) is 51.3 Å². The van der Waals surface area contributed by atoms with Crippen molar-refractivity contribution in [2.24, 2.45) is 0 Å². The van der Waals surface area contributed by atoms with Crippen LogP contribution in [-0.2, 0) is 10.2 Å². The van der Waals surface area contributed by atoms with Crippen LogP contribution in [0.4, 0.5) is 5.69 Å². The van der Waals surface area contributed by atoms with Crippen molar-refractivity contribution in [3.63, 3.8) is 0 Å². The fraction of sp³-hybridized carbons (Fsp3) is 0.562. The molecule has 19 heavy (non-hydrogen) atoms. The van der Waals surface area contributed by atoms with Crippen LogP contribution in [0.25, 0.3) is 0 Å². The van der Waals surface area contributed by atoms with Crippen molar-refractivity contribution >= 4 is 11.6 Å². The van der Waals surface area contributed by atoms with Crippen molar-refractivity contribution in [3.05, 3.63) is 29.8 Å². The SMILES string of the molecule is CC(C)NCCC(=O)Nc1ccccc1C(C)(C)C. The molecule has 106 valence electrons. The van der Waals surface area contributed by atoms with Gasteiger partial charge in [0.1, 0.15) is 0 Å². The van der Waals surface area contributed by atoms with Gasteiger partial charge in [-0.05, 0) is 17.0 Å². The lowest BCUT2D eigenvalue weighted by Gasteiger charge is -2.23. The third-order valence-corrected chi connectivity index (χ3v) is 2.91. The second kappa shape index (κ2) is 6.71. The predicted molar refractivity (Wildman–Crippen MR) is 81.5 cm³/mol. The number of hydrogen-bond acceptors (Lipinski definition) is 2. The zero-order valence-electron chi connectivity index (χ0n) is 12.7. The van der Waals surface area contributed by atoms with Gasteiger partial charge in [-0.1, -0.05) is 52.8 Å². The monoisotopic (exact) mass is 262 g/mol. The minimum atomic E-state index is 0.0278. The molecule has 1 amide bonds. The Bertz CT molecular complexity index is 419. The van der Waals surface area contributed by atoms with E-state index in [0.717, 1.165) is 5.69 Å². The lowest BCUT2D eigenvalue weighted by molar-refractivity contribution is -0.116. The highest BCUT2D eigenvalue weighted by Crippen LogP contribution is 2.29. The van der Waals surface area contributed by atoms with Crippen LogP contribution >= 0.6 is 0 Å². The summed E-state index contributed by atoms with van der Waals surface area (Å²) >= 11 is 0. The summed E-state index contributed by atoms with van der Waals surface area (Å²) in [5, 5.41) is 6.26. The molecule has 0 aliphatic rings. The quantitative estimate of drug-likeness (QED) is 0.854. The molecule has 0 bridgehead atoms. The molecule has 0 saturated heterocycles. The van der Waals surface area contributed by atoms with Crippen molar-refractivity contribution in [1.29, 1.82) is 0 Å². The first-order valence-corrected chi connectivity index (χ1v) is 6.93. The van der Waals surface area contributed by atoms with E-state index in [1.165, 1.54) is 5.56 Å². The average Bonchev–Trinajstić information content (AvgIpc) is 2.27. The summed E-state index contributed by atoms with van der Waals surface area (Å²) in [5.41, 5.74) is 2.12. The molecule has 1 rings (SSSR count). The van der Waals surface area contributed by atoms with Gasteiger partial charge in [-0.2, -0.15) is 0 Å². The van der Waals surface area contributed by atoms with Gasteiger partial charge < -0.3 is 10.6 Å². The highest BCUT2D eigenvalue weighted by Gasteiger charge is 2.18. The van der Waals surface area contributed by atoms with Crippen LogP contribution in [0, 0.1) is 0 Å². The Kier molecular flexibility index (Phi) is 5.55. The lowest BCUT2D eigenvalue weighted by atomic mass is 9.86. The van der Waals surface area contributed by atoms with Crippen LogP contribution in [0.1, 0.15) is 46.6 Å². The largest absolute Gasteiger partial charge is 0.326 e. The van der Waals surface area contributed by atoms with Gasteiger partial charge >= 0.3 is 0 Å². The van der Waals surface area contributed by atoms with Gasteiger partial charge in [-0.15, -0.1) is 0 Å². The minimum absolute atomic E-state index is 0.0278. The number of hydrogen-bond donors (Lipinski definition) is 2. The molecule has 0 unspecified atom stereocenters. The molecule has 0 aliphatic heterocycles. The number of amides is 1. The van der Waals surface area contributed by atoms with Gasteiger partial charge in [-0.3, -0.25) is 4.79 Å². The van der Waals surface area contributed by atoms with Crippen molar-refractivity contribution in [2.75, 3.05) is 11.9 Å². The highest BCUT2D eigenvalue weighted by molar-refractivity contribution is 5.91. The van der Waals surface area contributed by atoms with Crippen LogP contribution in [0.5, 0.6) is 0 Å². The Hall–Kier alpha value is -1.35. The van der Waals surface area contributed by atoms with Crippen LogP contribution in [0.3, 0.4) is 0 Å². The van der Waals surface area contributed by atoms with Crippen LogP contribution in [-0.4, -0.2) is 18.5 Å². The van der Waals surface area contributed by atoms with E-state index >= 15 is 0 Å². The summed E-state index contributed by atoms with van der Waals surface area (Å²) in [6.07, 6.45) is 0.497. The summed E-state index contributed by atoms with van der Waals surface area (Å²) < 4.78 is 0. The number of nitrogens with one attached hydrogen (secondary N) is 2. The molecular weight excluding hydrogens is 236 g/mol. The van der Waals surface area contributed by atoms with E-state index in [4.69, 9.17) is 0 Å². The Morgan fingerprint density at radius 1 is 1.21 bits per heavy atom. The first-order valence-electron chi connectivity index (χ1n) is 6.93. The van der Waals surface area contributed by atoms with Crippen LogP contribution in [0.2, 0.25) is 0 Å². The van der Waals surface area contributed by atoms with Crippen molar-refractivity contribution < 1.29 is 4.79 Å². The van der Waals surface area contributed by atoms with Crippen LogP contribution in [0.15, 0.2) is 24.3 Å². The fourth-order valence-corrected chi connectivity index (χ4v) is 1.93. The molecule has 3 nitrogen and oxygen atoms in total. The Balaban J connectivity index is 2.64. The number of carbonyl (C=O) groups excluding carboxylic acids is 1. The van der Waals surface area contributed by atoms with E-state index in [9.17, 15) is 4.79 Å². The first-order chi connectivity index (χ1) is 8.80. The fourth-order valence-electron chi connectivity index (χ4n) is 1.93. The maximum Gasteiger partial charge on any atom is 0.225 e. The lowest BCUT2D eigenvalue weighted by Crippen LogP contribution is -2.27. The normalized spacial score (nSPS) is 11.7. The summed E-state index contributed by atoms with van der Waals surface area (Å²) in [5.74, 6) is 0.0600. The standard InChI is InChI=1S/C16H26N2O/c1-12(2)17-11-10-15(19)18-14-9-7-6-8-13(14)16(3,4)5/h6-9,12,17H,10-11H2,1-5H3,(H,18,19). The number of rotatable bonds is 5. The van der Waals surface area contributed by atoms with E-state index < -0.39 is 0 Å². The average molecular weight is 262 g/mol. The maximum atomic E-state index is 11.9. The summed E-state index contributed by atoms with van der Waals surface area (Å²) in [6.45, 7) is 11.3. The third kappa shape index (κ3) is 5.43. The van der Waals surface area contributed by atoms with E-state index in [1.54, 1.807) is 0 Å². The van der Waals surface area contributed by atoms with E-state index in [1.807, 2.05) is 18.2 Å². The Labute approximate surface area is 116 Å². The predicted octanol–water partition coefficient (Wildman–Crippen LogP) is 3.31. The number of para-hydroxylation sites is 1. The van der Waals surface area contributed by atoms with Crippen molar-refractivity contribution in [2.45, 2.75) is 52.5 Å². The maximum absolute atomic E-state index is 11.9. The summed E-state index contributed by atoms with van der Waals surface area (Å²) in [7, 11) is 0. The molecule has 1 aromatic rings. The van der Waals surface area contributed by atoms with Gasteiger partial charge in [0.25, 0.3) is 0 Å². The second-order valence-electron chi connectivity index (χ2n) is 6.20. The second-order valence-corrected chi connectivity index (χ2v) is 6.20. The molecule has 0 saturated carbocycles. The summed E-state index contributed by atoms with van der Waals surface area (Å²) in [6, 6.07) is 8.42. The van der Waals surface area contributed by atoms with Gasteiger partial charge in [0.15, 0.2) is 0 Å². The molecule has 1 aromatic carbocycles. The Morgan fingerprint density at radius 2 is 1.84 bits per heavy atom. The molecule has 0 atom stereocenters. The molecule has 0 aromatic heterocycles. The van der Waals surface area contributed by atoms with Crippen molar-refractivity contribution in [3.8, 4) is 0 Å². The molecule has 0 radical (unpaired) electrons. The number of benzene rings is 1. The Morgan fingerprint density at radius 3 is 2.42 bits per heavy atom. The molecule has 0 heterocycles. The van der Waals surface area contributed by atoms with Gasteiger partial charge in [0.2, 0.25) is 5.91 Å². The van der Waals surface area contributed by atoms with Crippen LogP contribution < -0.4 is 10.6 Å². The number of anilines is 1. The third-order valence-electron chi connectivity index (χ3n) is 2.91.